The van der Waals surface area contributed by atoms with Crippen LogP contribution < -0.4 is 4.74 Å². The minimum absolute atomic E-state index is 0.691. The van der Waals surface area contributed by atoms with Crippen molar-refractivity contribution in [2.45, 2.75) is 27.7 Å². The molecule has 3 heteroatoms. The second-order valence-corrected chi connectivity index (χ2v) is 6.03. The van der Waals surface area contributed by atoms with E-state index in [0.29, 0.717) is 5.69 Å². The van der Waals surface area contributed by atoms with Gasteiger partial charge in [-0.2, -0.15) is 0 Å². The zero-order valence-electron chi connectivity index (χ0n) is 14.2. The molecule has 0 saturated heterocycles. The van der Waals surface area contributed by atoms with Gasteiger partial charge in [0.05, 0.1) is 12.8 Å². The van der Waals surface area contributed by atoms with Crippen molar-refractivity contribution in [2.24, 2.45) is 0 Å². The number of hydrogen-bond donors (Lipinski definition) is 0. The van der Waals surface area contributed by atoms with Crippen LogP contribution in [0.3, 0.4) is 0 Å². The molecule has 3 nitrogen and oxygen atoms in total. The summed E-state index contributed by atoms with van der Waals surface area (Å²) in [4.78, 5) is 11.7. The van der Waals surface area contributed by atoms with Crippen LogP contribution in [0.25, 0.3) is 16.6 Å². The van der Waals surface area contributed by atoms with Crippen molar-refractivity contribution in [1.82, 2.24) is 4.40 Å². The molecule has 23 heavy (non-hydrogen) atoms. The van der Waals surface area contributed by atoms with Gasteiger partial charge >= 0.3 is 0 Å². The topological polar surface area (TPSA) is 30.7 Å². The third-order valence-corrected chi connectivity index (χ3v) is 4.69. The van der Waals surface area contributed by atoms with E-state index in [4.69, 9.17) is 4.74 Å². The highest BCUT2D eigenvalue weighted by Crippen LogP contribution is 2.37. The number of pyridine rings is 1. The second kappa shape index (κ2) is 5.58. The SMILES string of the molecule is COc1c(C)cc(-c2cc3c(C)cccn3c2C=O)c(C)c1C. The van der Waals surface area contributed by atoms with Gasteiger partial charge < -0.3 is 9.14 Å². The fraction of sp³-hybridized carbons (Fsp3) is 0.250. The molecule has 3 rings (SSSR count). The van der Waals surface area contributed by atoms with Crippen molar-refractivity contribution in [3.8, 4) is 16.9 Å². The van der Waals surface area contributed by atoms with Crippen molar-refractivity contribution in [3.63, 3.8) is 0 Å². The Kier molecular flexibility index (Phi) is 3.72. The predicted octanol–water partition coefficient (Wildman–Crippen LogP) is 4.66. The lowest BCUT2D eigenvalue weighted by Gasteiger charge is -2.15. The van der Waals surface area contributed by atoms with E-state index < -0.39 is 0 Å². The highest BCUT2D eigenvalue weighted by atomic mass is 16.5. The first-order valence-electron chi connectivity index (χ1n) is 7.70. The minimum Gasteiger partial charge on any atom is -0.496 e. The standard InChI is InChI=1S/C20H21NO2/c1-12-7-6-8-21-18(12)10-17(19(21)11-22)16-9-13(2)20(23-5)15(4)14(16)3/h6-11H,1-5H3. The Balaban J connectivity index is 2.38. The van der Waals surface area contributed by atoms with E-state index in [1.54, 1.807) is 7.11 Å². The van der Waals surface area contributed by atoms with Gasteiger partial charge in [-0.15, -0.1) is 0 Å². The van der Waals surface area contributed by atoms with Gasteiger partial charge in [-0.25, -0.2) is 0 Å². The largest absolute Gasteiger partial charge is 0.496 e. The summed E-state index contributed by atoms with van der Waals surface area (Å²) in [7, 11) is 1.70. The molecule has 0 aliphatic heterocycles. The first kappa shape index (κ1) is 15.3. The lowest BCUT2D eigenvalue weighted by atomic mass is 9.93. The van der Waals surface area contributed by atoms with Crippen LogP contribution in [-0.2, 0) is 0 Å². The molecule has 0 bridgehead atoms. The van der Waals surface area contributed by atoms with Crippen LogP contribution >= 0.6 is 0 Å². The van der Waals surface area contributed by atoms with E-state index in [2.05, 4.69) is 39.0 Å². The monoisotopic (exact) mass is 307 g/mol. The third kappa shape index (κ3) is 2.24. The van der Waals surface area contributed by atoms with Gasteiger partial charge in [0.25, 0.3) is 0 Å². The molecule has 1 aromatic carbocycles. The number of aromatic nitrogens is 1. The smallest absolute Gasteiger partial charge is 0.167 e. The van der Waals surface area contributed by atoms with Crippen LogP contribution in [0.1, 0.15) is 32.7 Å². The molecule has 0 aliphatic carbocycles. The Morgan fingerprint density at radius 3 is 2.39 bits per heavy atom. The molecule has 0 spiro atoms. The molecule has 0 radical (unpaired) electrons. The second-order valence-electron chi connectivity index (χ2n) is 6.03. The number of rotatable bonds is 3. The van der Waals surface area contributed by atoms with Gasteiger partial charge in [0.15, 0.2) is 6.29 Å². The quantitative estimate of drug-likeness (QED) is 0.659. The van der Waals surface area contributed by atoms with Gasteiger partial charge in [-0.05, 0) is 73.7 Å². The Hall–Kier alpha value is -2.55. The molecule has 0 aliphatic rings. The molecule has 0 atom stereocenters. The van der Waals surface area contributed by atoms with Gasteiger partial charge in [-0.1, -0.05) is 6.07 Å². The first-order chi connectivity index (χ1) is 11.0. The maximum atomic E-state index is 11.7. The summed E-state index contributed by atoms with van der Waals surface area (Å²) in [5.74, 6) is 0.916. The number of ether oxygens (including phenoxy) is 1. The lowest BCUT2D eigenvalue weighted by molar-refractivity contribution is 0.111. The summed E-state index contributed by atoms with van der Waals surface area (Å²) in [5.41, 5.74) is 8.31. The molecular formula is C20H21NO2. The third-order valence-electron chi connectivity index (χ3n) is 4.69. The molecule has 0 saturated carbocycles. The number of nitrogens with zero attached hydrogens (tertiary/aromatic N) is 1. The number of hydrogen-bond acceptors (Lipinski definition) is 2. The van der Waals surface area contributed by atoms with E-state index in [-0.39, 0.29) is 0 Å². The number of aryl methyl sites for hydroxylation is 2. The molecule has 0 fully saturated rings. The van der Waals surface area contributed by atoms with Crippen molar-refractivity contribution >= 4 is 11.8 Å². The number of fused-ring (bicyclic) bond motifs is 1. The number of benzene rings is 1. The normalized spacial score (nSPS) is 11.0. The molecule has 118 valence electrons. The molecule has 0 amide bonds. The van der Waals surface area contributed by atoms with E-state index in [0.717, 1.165) is 50.9 Å². The van der Waals surface area contributed by atoms with E-state index in [9.17, 15) is 4.79 Å². The Labute approximate surface area is 136 Å². The summed E-state index contributed by atoms with van der Waals surface area (Å²) in [6.07, 6.45) is 2.88. The van der Waals surface area contributed by atoms with Gasteiger partial charge in [0.2, 0.25) is 0 Å². The Bertz CT molecular complexity index is 919. The van der Waals surface area contributed by atoms with Crippen LogP contribution in [0.15, 0.2) is 30.5 Å². The number of aldehydes is 1. The molecule has 2 heterocycles. The van der Waals surface area contributed by atoms with Crippen LogP contribution in [0.2, 0.25) is 0 Å². The van der Waals surface area contributed by atoms with Gasteiger partial charge in [0.1, 0.15) is 5.75 Å². The first-order valence-corrected chi connectivity index (χ1v) is 7.70. The van der Waals surface area contributed by atoms with Crippen molar-refractivity contribution < 1.29 is 9.53 Å². The maximum Gasteiger partial charge on any atom is 0.167 e. The Morgan fingerprint density at radius 2 is 1.74 bits per heavy atom. The lowest BCUT2D eigenvalue weighted by Crippen LogP contribution is -1.98. The molecule has 0 unspecified atom stereocenters. The van der Waals surface area contributed by atoms with E-state index >= 15 is 0 Å². The fourth-order valence-electron chi connectivity index (χ4n) is 3.35. The zero-order chi connectivity index (χ0) is 16.7. The highest BCUT2D eigenvalue weighted by Gasteiger charge is 2.18. The fourth-order valence-corrected chi connectivity index (χ4v) is 3.35. The number of carbonyl (C=O) groups excluding carboxylic acids is 1. The van der Waals surface area contributed by atoms with Crippen LogP contribution in [-0.4, -0.2) is 17.8 Å². The molecule has 0 N–H and O–H groups in total. The summed E-state index contributed by atoms with van der Waals surface area (Å²) in [6.45, 7) is 8.24. The molecule has 2 aromatic heterocycles. The van der Waals surface area contributed by atoms with E-state index in [1.165, 1.54) is 0 Å². The highest BCUT2D eigenvalue weighted by molar-refractivity contribution is 5.92. The summed E-state index contributed by atoms with van der Waals surface area (Å²) < 4.78 is 7.47. The zero-order valence-corrected chi connectivity index (χ0v) is 14.2. The molecular weight excluding hydrogens is 286 g/mol. The van der Waals surface area contributed by atoms with Crippen molar-refractivity contribution in [2.75, 3.05) is 7.11 Å². The minimum atomic E-state index is 0.691. The Morgan fingerprint density at radius 1 is 1.00 bits per heavy atom. The van der Waals surface area contributed by atoms with Crippen LogP contribution in [0.5, 0.6) is 5.75 Å². The van der Waals surface area contributed by atoms with E-state index in [1.807, 2.05) is 23.6 Å². The summed E-state index contributed by atoms with van der Waals surface area (Å²) in [5, 5.41) is 0. The van der Waals surface area contributed by atoms with Crippen molar-refractivity contribution in [3.05, 3.63) is 58.4 Å². The number of carbonyl (C=O) groups is 1. The summed E-state index contributed by atoms with van der Waals surface area (Å²) >= 11 is 0. The average Bonchev–Trinajstić information content (AvgIpc) is 2.91. The predicted molar refractivity (Wildman–Crippen MR) is 93.7 cm³/mol. The van der Waals surface area contributed by atoms with Gasteiger partial charge in [0, 0.05) is 17.3 Å². The van der Waals surface area contributed by atoms with Crippen LogP contribution in [0.4, 0.5) is 0 Å². The molecule has 3 aromatic rings. The van der Waals surface area contributed by atoms with Gasteiger partial charge in [-0.3, -0.25) is 4.79 Å². The van der Waals surface area contributed by atoms with Crippen molar-refractivity contribution in [1.29, 1.82) is 0 Å². The number of methoxy groups -OCH3 is 1. The summed E-state index contributed by atoms with van der Waals surface area (Å²) in [6, 6.07) is 8.24. The maximum absolute atomic E-state index is 11.7. The average molecular weight is 307 g/mol. The van der Waals surface area contributed by atoms with Crippen LogP contribution in [0, 0.1) is 27.7 Å².